The van der Waals surface area contributed by atoms with Crippen LogP contribution >= 0.6 is 11.6 Å². The van der Waals surface area contributed by atoms with E-state index in [1.54, 1.807) is 7.85 Å². The Morgan fingerprint density at radius 1 is 1.63 bits per heavy atom. The van der Waals surface area contributed by atoms with Gasteiger partial charge in [0.2, 0.25) is 0 Å². The van der Waals surface area contributed by atoms with Crippen molar-refractivity contribution in [3.63, 3.8) is 0 Å². The highest BCUT2D eigenvalue weighted by atomic mass is 35.5. The minimum atomic E-state index is -1.62. The van der Waals surface area contributed by atoms with Gasteiger partial charge in [0.1, 0.15) is 14.0 Å². The molecular formula is C9H11BClN3O5. The quantitative estimate of drug-likeness (QED) is 0.242. The second-order valence-corrected chi connectivity index (χ2v) is 4.31. The Kier molecular flexibility index (Phi) is 3.94. The number of hydrogen-bond acceptors (Lipinski definition) is 6. The predicted molar refractivity (Wildman–Crippen MR) is 65.5 cm³/mol. The van der Waals surface area contributed by atoms with Gasteiger partial charge in [-0.1, -0.05) is 5.11 Å². The van der Waals surface area contributed by atoms with E-state index in [0.29, 0.717) is 0 Å². The third-order valence-corrected chi connectivity index (χ3v) is 3.29. The normalized spacial score (nSPS) is 44.1. The highest BCUT2D eigenvalue weighted by molar-refractivity contribution is 6.30. The zero-order valence-corrected chi connectivity index (χ0v) is 11.0. The van der Waals surface area contributed by atoms with Crippen molar-refractivity contribution in [1.29, 1.82) is 0 Å². The van der Waals surface area contributed by atoms with Gasteiger partial charge in [-0.2, -0.15) is 0 Å². The van der Waals surface area contributed by atoms with Crippen LogP contribution in [0, 0.1) is 11.3 Å². The number of rotatable bonds is 3. The number of hydrogen-bond donors (Lipinski definition) is 1. The molecule has 2 saturated heterocycles. The molecule has 0 amide bonds. The van der Waals surface area contributed by atoms with Crippen LogP contribution in [0.2, 0.25) is 0 Å². The SMILES string of the molecule is BC1O[C@@](CO)(N=[N+]=[N-])C2OC(OC)OC12C#CCl. The van der Waals surface area contributed by atoms with Crippen LogP contribution in [0.1, 0.15) is 0 Å². The molecule has 0 aliphatic carbocycles. The molecule has 2 fully saturated rings. The largest absolute Gasteiger partial charge is 0.393 e. The lowest BCUT2D eigenvalue weighted by Gasteiger charge is -2.26. The Balaban J connectivity index is 2.50. The zero-order chi connectivity index (χ0) is 14.1. The van der Waals surface area contributed by atoms with Crippen LogP contribution in [-0.4, -0.2) is 56.6 Å². The van der Waals surface area contributed by atoms with Gasteiger partial charge in [-0.25, -0.2) is 0 Å². The molecule has 5 atom stereocenters. The Labute approximate surface area is 114 Å². The summed E-state index contributed by atoms with van der Waals surface area (Å²) in [5.41, 5.74) is 5.76. The van der Waals surface area contributed by atoms with Crippen molar-refractivity contribution >= 4 is 19.4 Å². The summed E-state index contributed by atoms with van der Waals surface area (Å²) in [5, 5.41) is 15.2. The van der Waals surface area contributed by atoms with E-state index >= 15 is 0 Å². The molecule has 2 rings (SSSR count). The summed E-state index contributed by atoms with van der Waals surface area (Å²) in [4.78, 5) is 2.68. The van der Waals surface area contributed by atoms with E-state index in [2.05, 4.69) is 21.3 Å². The fourth-order valence-corrected chi connectivity index (χ4v) is 2.49. The smallest absolute Gasteiger partial charge is 0.273 e. The summed E-state index contributed by atoms with van der Waals surface area (Å²) in [6.45, 7) is -1.59. The molecule has 102 valence electrons. The highest BCUT2D eigenvalue weighted by Crippen LogP contribution is 2.47. The first-order valence-corrected chi connectivity index (χ1v) is 5.80. The molecule has 0 aromatic heterocycles. The molecule has 2 heterocycles. The molecule has 19 heavy (non-hydrogen) atoms. The molecule has 0 radical (unpaired) electrons. The number of halogens is 1. The van der Waals surface area contributed by atoms with Crippen LogP contribution < -0.4 is 0 Å². The van der Waals surface area contributed by atoms with Crippen molar-refractivity contribution in [1.82, 2.24) is 0 Å². The molecule has 0 saturated carbocycles. The summed E-state index contributed by atoms with van der Waals surface area (Å²) in [7, 11) is 3.03. The number of aliphatic hydroxyl groups is 1. The molecule has 2 aliphatic rings. The van der Waals surface area contributed by atoms with Gasteiger partial charge in [-0.3, -0.25) is 0 Å². The van der Waals surface area contributed by atoms with E-state index in [0.717, 1.165) is 0 Å². The lowest BCUT2D eigenvalue weighted by molar-refractivity contribution is -0.263. The fraction of sp³-hybridized carbons (Fsp3) is 0.778. The molecule has 0 aromatic rings. The average Bonchev–Trinajstić information content (AvgIpc) is 2.87. The van der Waals surface area contributed by atoms with Crippen LogP contribution in [0.25, 0.3) is 10.4 Å². The second kappa shape index (κ2) is 5.19. The molecule has 2 aliphatic heterocycles. The number of aliphatic hydroxyl groups excluding tert-OH is 1. The Hall–Kier alpha value is -0.975. The van der Waals surface area contributed by atoms with E-state index in [-0.39, 0.29) is 0 Å². The van der Waals surface area contributed by atoms with Crippen LogP contribution in [0.15, 0.2) is 5.11 Å². The second-order valence-electron chi connectivity index (χ2n) is 4.12. The van der Waals surface area contributed by atoms with Gasteiger partial charge in [0.15, 0.2) is 11.3 Å². The first-order valence-electron chi connectivity index (χ1n) is 5.42. The minimum absolute atomic E-state index is 0.586. The van der Waals surface area contributed by atoms with Crippen molar-refractivity contribution in [2.24, 2.45) is 5.11 Å². The van der Waals surface area contributed by atoms with Crippen molar-refractivity contribution in [2.45, 2.75) is 29.9 Å². The summed E-state index contributed by atoms with van der Waals surface area (Å²) in [6.07, 6.45) is -0.952. The van der Waals surface area contributed by atoms with Crippen LogP contribution in [0.4, 0.5) is 0 Å². The molecule has 0 bridgehead atoms. The summed E-state index contributed by atoms with van der Waals surface area (Å²) < 4.78 is 21.5. The Morgan fingerprint density at radius 3 is 2.89 bits per heavy atom. The van der Waals surface area contributed by atoms with Crippen molar-refractivity contribution in [3.8, 4) is 11.3 Å². The average molecular weight is 287 g/mol. The molecule has 0 spiro atoms. The lowest BCUT2D eigenvalue weighted by Crippen LogP contribution is -2.49. The number of fused-ring (bicyclic) bond motifs is 1. The summed E-state index contributed by atoms with van der Waals surface area (Å²) in [5.74, 6) is 2.65. The number of azide groups is 1. The van der Waals surface area contributed by atoms with Crippen LogP contribution in [-0.2, 0) is 18.9 Å². The maximum Gasteiger partial charge on any atom is 0.273 e. The molecule has 8 nitrogen and oxygen atoms in total. The van der Waals surface area contributed by atoms with E-state index in [1.807, 2.05) is 0 Å². The van der Waals surface area contributed by atoms with Crippen molar-refractivity contribution in [3.05, 3.63) is 10.4 Å². The van der Waals surface area contributed by atoms with Gasteiger partial charge in [0.25, 0.3) is 6.48 Å². The molecule has 1 N–H and O–H groups in total. The molecule has 0 aromatic carbocycles. The topological polar surface area (TPSA) is 106 Å². The van der Waals surface area contributed by atoms with Gasteiger partial charge in [-0.15, -0.1) is 0 Å². The number of ether oxygens (including phenoxy) is 4. The maximum absolute atomic E-state index is 9.51. The van der Waals surface area contributed by atoms with Gasteiger partial charge >= 0.3 is 0 Å². The standard InChI is InChI=1S/C9H11BClN3O5/c1-16-7-17-5-8(19-7,2-3-11)6(10)18-9(5,4-15)13-14-12/h5-7,15H,4,10H2,1H3/t5?,6?,7?,8?,9-/m1/s1. The predicted octanol–water partition coefficient (Wildman–Crippen LogP) is -0.741. The minimum Gasteiger partial charge on any atom is -0.393 e. The van der Waals surface area contributed by atoms with Gasteiger partial charge in [0, 0.05) is 17.4 Å². The molecule has 4 unspecified atom stereocenters. The highest BCUT2D eigenvalue weighted by Gasteiger charge is 2.68. The van der Waals surface area contributed by atoms with E-state index in [4.69, 9.17) is 36.1 Å². The monoisotopic (exact) mass is 287 g/mol. The van der Waals surface area contributed by atoms with E-state index in [1.165, 1.54) is 7.11 Å². The molecular weight excluding hydrogens is 276 g/mol. The summed E-state index contributed by atoms with van der Waals surface area (Å²) >= 11 is 5.45. The van der Waals surface area contributed by atoms with Crippen LogP contribution in [0.3, 0.4) is 0 Å². The van der Waals surface area contributed by atoms with E-state index in [9.17, 15) is 5.11 Å². The van der Waals surface area contributed by atoms with Crippen LogP contribution in [0.5, 0.6) is 0 Å². The zero-order valence-electron chi connectivity index (χ0n) is 10.2. The lowest BCUT2D eigenvalue weighted by atomic mass is 9.80. The first-order chi connectivity index (χ1) is 9.08. The van der Waals surface area contributed by atoms with Crippen molar-refractivity contribution < 1.29 is 24.1 Å². The van der Waals surface area contributed by atoms with Gasteiger partial charge in [0.05, 0.1) is 12.6 Å². The van der Waals surface area contributed by atoms with Crippen molar-refractivity contribution in [2.75, 3.05) is 13.7 Å². The Bertz CT molecular complexity index is 478. The third-order valence-electron chi connectivity index (χ3n) is 3.20. The van der Waals surface area contributed by atoms with Gasteiger partial charge in [-0.05, 0) is 23.1 Å². The molecule has 10 heteroatoms. The fourth-order valence-electron chi connectivity index (χ4n) is 2.34. The maximum atomic E-state index is 9.51. The Morgan fingerprint density at radius 2 is 2.37 bits per heavy atom. The third kappa shape index (κ3) is 1.98. The van der Waals surface area contributed by atoms with E-state index < -0.39 is 36.5 Å². The first kappa shape index (κ1) is 14.4. The number of nitrogens with zero attached hydrogens (tertiary/aromatic N) is 3. The number of methoxy groups -OCH3 is 1. The summed E-state index contributed by atoms with van der Waals surface area (Å²) in [6, 6.07) is -0.637. The van der Waals surface area contributed by atoms with Gasteiger partial charge < -0.3 is 24.1 Å².